The predicted molar refractivity (Wildman–Crippen MR) is 85.3 cm³/mol. The fraction of sp³-hybridized carbons (Fsp3) is 0.625. The maximum absolute atomic E-state index is 12.0. The fourth-order valence-electron chi connectivity index (χ4n) is 2.32. The summed E-state index contributed by atoms with van der Waals surface area (Å²) in [5.41, 5.74) is 6.52. The van der Waals surface area contributed by atoms with Crippen molar-refractivity contribution in [1.82, 2.24) is 4.98 Å². The topological polar surface area (TPSA) is 77.2 Å². The molecule has 5 heteroatoms. The van der Waals surface area contributed by atoms with Crippen LogP contribution in [0.1, 0.15) is 40.0 Å². The molecule has 0 saturated carbocycles. The molecule has 0 saturated heterocycles. The van der Waals surface area contributed by atoms with Gasteiger partial charge in [-0.05, 0) is 36.8 Å². The van der Waals surface area contributed by atoms with Crippen molar-refractivity contribution in [3.63, 3.8) is 0 Å². The van der Waals surface area contributed by atoms with Gasteiger partial charge in [-0.3, -0.25) is 4.79 Å². The van der Waals surface area contributed by atoms with Crippen LogP contribution in [0.4, 0.5) is 5.69 Å². The quantitative estimate of drug-likeness (QED) is 0.810. The van der Waals surface area contributed by atoms with Gasteiger partial charge in [0.05, 0.1) is 19.0 Å². The Hall–Kier alpha value is -1.62. The molecule has 5 nitrogen and oxygen atoms in total. The van der Waals surface area contributed by atoms with Crippen LogP contribution >= 0.6 is 0 Å². The van der Waals surface area contributed by atoms with Gasteiger partial charge in [0.25, 0.3) is 0 Å². The number of aromatic nitrogens is 1. The SMILES string of the molecule is COc1ccc(NC(=O)CCC(CCN)C(C)(C)C)cn1. The molecule has 0 radical (unpaired) electrons. The molecule has 1 atom stereocenters. The van der Waals surface area contributed by atoms with Crippen molar-refractivity contribution < 1.29 is 9.53 Å². The van der Waals surface area contributed by atoms with Crippen LogP contribution in [0.15, 0.2) is 18.3 Å². The first-order chi connectivity index (χ1) is 9.86. The number of nitrogens with one attached hydrogen (secondary N) is 1. The Balaban J connectivity index is 2.48. The molecule has 1 aromatic heterocycles. The molecular weight excluding hydrogens is 266 g/mol. The summed E-state index contributed by atoms with van der Waals surface area (Å²) in [6.45, 7) is 7.24. The van der Waals surface area contributed by atoms with Crippen molar-refractivity contribution in [3.8, 4) is 5.88 Å². The number of nitrogens with two attached hydrogens (primary N) is 1. The molecular formula is C16H27N3O2. The number of ether oxygens (including phenoxy) is 1. The number of hydrogen-bond acceptors (Lipinski definition) is 4. The first-order valence-electron chi connectivity index (χ1n) is 7.36. The first kappa shape index (κ1) is 17.4. The summed E-state index contributed by atoms with van der Waals surface area (Å²) < 4.78 is 4.98. The highest BCUT2D eigenvalue weighted by Crippen LogP contribution is 2.32. The molecule has 1 amide bonds. The van der Waals surface area contributed by atoms with Crippen LogP contribution in [0.5, 0.6) is 5.88 Å². The van der Waals surface area contributed by atoms with Gasteiger partial charge in [-0.25, -0.2) is 4.98 Å². The van der Waals surface area contributed by atoms with Crippen molar-refractivity contribution in [2.75, 3.05) is 19.0 Å². The van der Waals surface area contributed by atoms with E-state index in [9.17, 15) is 4.79 Å². The van der Waals surface area contributed by atoms with E-state index in [-0.39, 0.29) is 11.3 Å². The summed E-state index contributed by atoms with van der Waals surface area (Å²) in [6.07, 6.45) is 3.88. The number of pyridine rings is 1. The van der Waals surface area contributed by atoms with Crippen LogP contribution in [0, 0.1) is 11.3 Å². The van der Waals surface area contributed by atoms with Gasteiger partial charge in [-0.1, -0.05) is 20.8 Å². The maximum Gasteiger partial charge on any atom is 0.224 e. The highest BCUT2D eigenvalue weighted by molar-refractivity contribution is 5.90. The molecule has 1 aromatic rings. The Morgan fingerprint density at radius 3 is 2.57 bits per heavy atom. The van der Waals surface area contributed by atoms with E-state index in [1.807, 2.05) is 0 Å². The highest BCUT2D eigenvalue weighted by atomic mass is 16.5. The maximum atomic E-state index is 12.0. The lowest BCUT2D eigenvalue weighted by Gasteiger charge is -2.30. The van der Waals surface area contributed by atoms with Crippen molar-refractivity contribution >= 4 is 11.6 Å². The number of hydrogen-bond donors (Lipinski definition) is 2. The van der Waals surface area contributed by atoms with Gasteiger partial charge in [-0.15, -0.1) is 0 Å². The number of nitrogens with zero attached hydrogens (tertiary/aromatic N) is 1. The van der Waals surface area contributed by atoms with Gasteiger partial charge in [0, 0.05) is 12.5 Å². The lowest BCUT2D eigenvalue weighted by molar-refractivity contribution is -0.116. The minimum Gasteiger partial charge on any atom is -0.481 e. The van der Waals surface area contributed by atoms with Crippen LogP contribution in [0.25, 0.3) is 0 Å². The molecule has 0 fully saturated rings. The van der Waals surface area contributed by atoms with E-state index in [1.165, 1.54) is 0 Å². The Morgan fingerprint density at radius 2 is 2.10 bits per heavy atom. The average molecular weight is 293 g/mol. The molecule has 21 heavy (non-hydrogen) atoms. The van der Waals surface area contributed by atoms with Gasteiger partial charge in [0.15, 0.2) is 0 Å². The summed E-state index contributed by atoms with van der Waals surface area (Å²) in [4.78, 5) is 16.1. The van der Waals surface area contributed by atoms with Crippen molar-refractivity contribution in [2.45, 2.75) is 40.0 Å². The van der Waals surface area contributed by atoms with Gasteiger partial charge < -0.3 is 15.8 Å². The van der Waals surface area contributed by atoms with Gasteiger partial charge in [0.1, 0.15) is 0 Å². The van der Waals surface area contributed by atoms with E-state index in [2.05, 4.69) is 31.1 Å². The second kappa shape index (κ2) is 7.98. The Labute approximate surface area is 127 Å². The van der Waals surface area contributed by atoms with E-state index in [1.54, 1.807) is 25.4 Å². The Morgan fingerprint density at radius 1 is 1.38 bits per heavy atom. The molecule has 0 bridgehead atoms. The summed E-state index contributed by atoms with van der Waals surface area (Å²) in [6, 6.07) is 3.51. The first-order valence-corrected chi connectivity index (χ1v) is 7.36. The molecule has 1 rings (SSSR count). The molecule has 0 aromatic carbocycles. The number of methoxy groups -OCH3 is 1. The predicted octanol–water partition coefficient (Wildman–Crippen LogP) is 2.82. The number of carbonyl (C=O) groups is 1. The lowest BCUT2D eigenvalue weighted by atomic mass is 9.76. The van der Waals surface area contributed by atoms with Crippen molar-refractivity contribution in [1.29, 1.82) is 0 Å². The van der Waals surface area contributed by atoms with E-state index < -0.39 is 0 Å². The zero-order valence-corrected chi connectivity index (χ0v) is 13.5. The highest BCUT2D eigenvalue weighted by Gasteiger charge is 2.24. The largest absolute Gasteiger partial charge is 0.481 e. The number of amides is 1. The molecule has 0 aliphatic heterocycles. The smallest absolute Gasteiger partial charge is 0.224 e. The summed E-state index contributed by atoms with van der Waals surface area (Å²) in [5, 5.41) is 2.85. The number of rotatable bonds is 7. The molecule has 1 unspecified atom stereocenters. The molecule has 0 aliphatic rings. The zero-order valence-electron chi connectivity index (χ0n) is 13.5. The van der Waals surface area contributed by atoms with Crippen LogP contribution in [0.3, 0.4) is 0 Å². The third-order valence-corrected chi connectivity index (χ3v) is 3.69. The number of anilines is 1. The fourth-order valence-corrected chi connectivity index (χ4v) is 2.32. The van der Waals surface area contributed by atoms with E-state index in [4.69, 9.17) is 10.5 Å². The average Bonchev–Trinajstić information content (AvgIpc) is 2.43. The molecule has 118 valence electrons. The summed E-state index contributed by atoms with van der Waals surface area (Å²) >= 11 is 0. The van der Waals surface area contributed by atoms with E-state index >= 15 is 0 Å². The molecule has 0 spiro atoms. The Bertz CT molecular complexity index is 438. The normalized spacial score (nSPS) is 12.8. The minimum absolute atomic E-state index is 0.00763. The zero-order chi connectivity index (χ0) is 15.9. The lowest BCUT2D eigenvalue weighted by Crippen LogP contribution is -2.25. The third kappa shape index (κ3) is 6.12. The van der Waals surface area contributed by atoms with E-state index in [0.717, 1.165) is 12.8 Å². The Kier molecular flexibility index (Phi) is 6.62. The monoisotopic (exact) mass is 293 g/mol. The minimum atomic E-state index is 0.00763. The van der Waals surface area contributed by atoms with Crippen molar-refractivity contribution in [2.24, 2.45) is 17.1 Å². The molecule has 0 aliphatic carbocycles. The molecule has 1 heterocycles. The van der Waals surface area contributed by atoms with E-state index in [0.29, 0.717) is 30.5 Å². The summed E-state index contributed by atoms with van der Waals surface area (Å²) in [7, 11) is 1.56. The summed E-state index contributed by atoms with van der Waals surface area (Å²) in [5.74, 6) is 0.985. The second-order valence-corrected chi connectivity index (χ2v) is 6.32. The second-order valence-electron chi connectivity index (χ2n) is 6.32. The van der Waals surface area contributed by atoms with Crippen LogP contribution in [-0.4, -0.2) is 24.5 Å². The standard InChI is InChI=1S/C16H27N3O2/c1-16(2,3)12(9-10-17)5-7-14(20)19-13-6-8-15(21-4)18-11-13/h6,8,11-12H,5,7,9-10,17H2,1-4H3,(H,19,20). The van der Waals surface area contributed by atoms with Gasteiger partial charge >= 0.3 is 0 Å². The van der Waals surface area contributed by atoms with Gasteiger partial charge in [0.2, 0.25) is 11.8 Å². The third-order valence-electron chi connectivity index (χ3n) is 3.69. The van der Waals surface area contributed by atoms with Crippen LogP contribution in [-0.2, 0) is 4.79 Å². The number of carbonyl (C=O) groups excluding carboxylic acids is 1. The van der Waals surface area contributed by atoms with Gasteiger partial charge in [-0.2, -0.15) is 0 Å². The molecule has 3 N–H and O–H groups in total. The van der Waals surface area contributed by atoms with Crippen LogP contribution in [0.2, 0.25) is 0 Å². The van der Waals surface area contributed by atoms with Crippen molar-refractivity contribution in [3.05, 3.63) is 18.3 Å². The van der Waals surface area contributed by atoms with Crippen LogP contribution < -0.4 is 15.8 Å².